The summed E-state index contributed by atoms with van der Waals surface area (Å²) in [5, 5.41) is 7.28. The number of rotatable bonds is 1. The zero-order chi connectivity index (χ0) is 10.3. The maximum absolute atomic E-state index is 11.6. The molecule has 0 bridgehead atoms. The highest BCUT2D eigenvalue weighted by atomic mass is 32.1. The molecular weight excluding hydrogens is 212 g/mol. The van der Waals surface area contributed by atoms with Crippen molar-refractivity contribution in [3.8, 4) is 10.8 Å². The third-order valence-corrected chi connectivity index (χ3v) is 3.51. The lowest BCUT2D eigenvalue weighted by Crippen LogP contribution is -2.08. The molecule has 5 nitrogen and oxygen atoms in total. The first-order valence-corrected chi connectivity index (χ1v) is 5.55. The Bertz CT molecular complexity index is 502. The number of Topliss-reactive ketones (excluding diaryl/α,β-unsaturated/α-hetero) is 1. The molecule has 3 rings (SSSR count). The van der Waals surface area contributed by atoms with Crippen LogP contribution in [0.5, 0.6) is 0 Å². The first-order chi connectivity index (χ1) is 7.34. The van der Waals surface area contributed by atoms with Crippen LogP contribution in [-0.2, 0) is 6.42 Å². The van der Waals surface area contributed by atoms with Crippen molar-refractivity contribution in [3.05, 3.63) is 16.9 Å². The fourth-order valence-corrected chi connectivity index (χ4v) is 2.74. The van der Waals surface area contributed by atoms with Gasteiger partial charge in [-0.3, -0.25) is 9.89 Å². The van der Waals surface area contributed by atoms with Crippen molar-refractivity contribution in [2.24, 2.45) is 0 Å². The average Bonchev–Trinajstić information content (AvgIpc) is 2.86. The number of aromatic amines is 1. The van der Waals surface area contributed by atoms with Gasteiger partial charge in [-0.15, -0.1) is 11.3 Å². The number of nitrogens with zero attached hydrogens (tertiary/aromatic N) is 3. The standard InChI is InChI=1S/C9H8N4OS/c14-5-2-1-3-6-7(5)12-9(15-6)8-10-4-11-13-8/h4H,1-3H2,(H,10,11,13). The van der Waals surface area contributed by atoms with E-state index in [4.69, 9.17) is 0 Å². The molecule has 0 amide bonds. The van der Waals surface area contributed by atoms with E-state index in [0.29, 0.717) is 17.9 Å². The minimum Gasteiger partial charge on any atom is -0.292 e. The summed E-state index contributed by atoms with van der Waals surface area (Å²) >= 11 is 1.53. The van der Waals surface area contributed by atoms with Crippen LogP contribution < -0.4 is 0 Å². The fraction of sp³-hybridized carbons (Fsp3) is 0.333. The van der Waals surface area contributed by atoms with Crippen LogP contribution in [0.25, 0.3) is 10.8 Å². The SMILES string of the molecule is O=C1CCCc2sc(-c3ncn[nH]3)nc21. The van der Waals surface area contributed by atoms with Crippen molar-refractivity contribution in [2.45, 2.75) is 19.3 Å². The Kier molecular flexibility index (Phi) is 1.88. The predicted octanol–water partition coefficient (Wildman–Crippen LogP) is 1.45. The van der Waals surface area contributed by atoms with Gasteiger partial charge in [-0.05, 0) is 12.8 Å². The quantitative estimate of drug-likeness (QED) is 0.789. The molecule has 0 spiro atoms. The highest BCUT2D eigenvalue weighted by Crippen LogP contribution is 2.30. The topological polar surface area (TPSA) is 71.5 Å². The van der Waals surface area contributed by atoms with Gasteiger partial charge >= 0.3 is 0 Å². The van der Waals surface area contributed by atoms with E-state index in [0.717, 1.165) is 22.7 Å². The maximum atomic E-state index is 11.6. The number of aromatic nitrogens is 4. The molecule has 76 valence electrons. The third kappa shape index (κ3) is 1.37. The lowest BCUT2D eigenvalue weighted by atomic mass is 10.0. The van der Waals surface area contributed by atoms with Crippen molar-refractivity contribution >= 4 is 17.1 Å². The van der Waals surface area contributed by atoms with E-state index in [1.54, 1.807) is 0 Å². The molecule has 0 atom stereocenters. The van der Waals surface area contributed by atoms with E-state index in [1.807, 2.05) is 0 Å². The highest BCUT2D eigenvalue weighted by molar-refractivity contribution is 7.15. The van der Waals surface area contributed by atoms with Crippen LogP contribution in [0.2, 0.25) is 0 Å². The molecule has 0 aromatic carbocycles. The molecule has 0 radical (unpaired) electrons. The van der Waals surface area contributed by atoms with E-state index in [9.17, 15) is 4.79 Å². The average molecular weight is 220 g/mol. The van der Waals surface area contributed by atoms with Crippen LogP contribution in [0.4, 0.5) is 0 Å². The monoisotopic (exact) mass is 220 g/mol. The third-order valence-electron chi connectivity index (χ3n) is 2.39. The first kappa shape index (κ1) is 8.72. The van der Waals surface area contributed by atoms with Crippen molar-refractivity contribution in [3.63, 3.8) is 0 Å². The van der Waals surface area contributed by atoms with E-state index in [-0.39, 0.29) is 5.78 Å². The van der Waals surface area contributed by atoms with E-state index in [2.05, 4.69) is 20.2 Å². The summed E-state index contributed by atoms with van der Waals surface area (Å²) in [5.41, 5.74) is 0.637. The van der Waals surface area contributed by atoms with Gasteiger partial charge in [0.15, 0.2) is 16.6 Å². The summed E-state index contributed by atoms with van der Waals surface area (Å²) in [7, 11) is 0. The predicted molar refractivity (Wildman–Crippen MR) is 54.8 cm³/mol. The van der Waals surface area contributed by atoms with Crippen molar-refractivity contribution in [2.75, 3.05) is 0 Å². The van der Waals surface area contributed by atoms with Gasteiger partial charge in [0.25, 0.3) is 0 Å². The molecule has 0 aliphatic heterocycles. The summed E-state index contributed by atoms with van der Waals surface area (Å²) in [6.07, 6.45) is 3.95. The second-order valence-electron chi connectivity index (χ2n) is 3.40. The van der Waals surface area contributed by atoms with Crippen molar-refractivity contribution in [1.82, 2.24) is 20.2 Å². The zero-order valence-electron chi connectivity index (χ0n) is 7.86. The van der Waals surface area contributed by atoms with Crippen LogP contribution in [0, 0.1) is 0 Å². The molecule has 1 N–H and O–H groups in total. The summed E-state index contributed by atoms with van der Waals surface area (Å²) in [6, 6.07) is 0. The molecule has 2 aromatic heterocycles. The van der Waals surface area contributed by atoms with Gasteiger partial charge in [-0.2, -0.15) is 5.10 Å². The maximum Gasteiger partial charge on any atom is 0.184 e. The Morgan fingerprint density at radius 1 is 1.40 bits per heavy atom. The van der Waals surface area contributed by atoms with Crippen LogP contribution in [0.15, 0.2) is 6.33 Å². The molecule has 15 heavy (non-hydrogen) atoms. The first-order valence-electron chi connectivity index (χ1n) is 4.73. The Balaban J connectivity index is 2.09. The normalized spacial score (nSPS) is 15.3. The van der Waals surface area contributed by atoms with Gasteiger partial charge in [0, 0.05) is 11.3 Å². The molecule has 0 fully saturated rings. The molecule has 1 aliphatic carbocycles. The smallest absolute Gasteiger partial charge is 0.184 e. The second-order valence-corrected chi connectivity index (χ2v) is 4.49. The summed E-state index contributed by atoms with van der Waals surface area (Å²) < 4.78 is 0. The van der Waals surface area contributed by atoms with Crippen LogP contribution >= 0.6 is 11.3 Å². The number of carbonyl (C=O) groups is 1. The molecule has 2 aromatic rings. The Morgan fingerprint density at radius 3 is 3.07 bits per heavy atom. The number of fused-ring (bicyclic) bond motifs is 1. The molecule has 2 heterocycles. The van der Waals surface area contributed by atoms with E-state index < -0.39 is 0 Å². The van der Waals surface area contributed by atoms with Crippen molar-refractivity contribution < 1.29 is 4.79 Å². The molecular formula is C9H8N4OS. The molecule has 6 heteroatoms. The molecule has 0 saturated heterocycles. The number of H-pyrrole nitrogens is 1. The molecule has 0 saturated carbocycles. The number of ketones is 1. The van der Waals surface area contributed by atoms with Gasteiger partial charge in [-0.25, -0.2) is 9.97 Å². The lowest BCUT2D eigenvalue weighted by molar-refractivity contribution is 0.0968. The number of carbonyl (C=O) groups excluding carboxylic acids is 1. The molecule has 1 aliphatic rings. The number of thiazole rings is 1. The zero-order valence-corrected chi connectivity index (χ0v) is 8.67. The molecule has 0 unspecified atom stereocenters. The van der Waals surface area contributed by atoms with Crippen LogP contribution in [0.1, 0.15) is 28.2 Å². The Labute approximate surface area is 89.6 Å². The van der Waals surface area contributed by atoms with Gasteiger partial charge in [0.05, 0.1) is 0 Å². The second kappa shape index (κ2) is 3.23. The minimum absolute atomic E-state index is 0.151. The number of aryl methyl sites for hydroxylation is 1. The highest BCUT2D eigenvalue weighted by Gasteiger charge is 2.23. The minimum atomic E-state index is 0.151. The summed E-state index contributed by atoms with van der Waals surface area (Å²) in [5.74, 6) is 0.792. The fourth-order valence-electron chi connectivity index (χ4n) is 1.68. The number of hydrogen-bond acceptors (Lipinski definition) is 5. The van der Waals surface area contributed by atoms with Crippen LogP contribution in [0.3, 0.4) is 0 Å². The van der Waals surface area contributed by atoms with Gasteiger partial charge in [0.1, 0.15) is 12.0 Å². The van der Waals surface area contributed by atoms with Crippen molar-refractivity contribution in [1.29, 1.82) is 0 Å². The van der Waals surface area contributed by atoms with Gasteiger partial charge in [0.2, 0.25) is 0 Å². The van der Waals surface area contributed by atoms with Gasteiger partial charge in [-0.1, -0.05) is 0 Å². The Morgan fingerprint density at radius 2 is 2.33 bits per heavy atom. The summed E-state index contributed by atoms with van der Waals surface area (Å²) in [4.78, 5) is 21.0. The number of hydrogen-bond donors (Lipinski definition) is 1. The van der Waals surface area contributed by atoms with Gasteiger partial charge < -0.3 is 0 Å². The van der Waals surface area contributed by atoms with Crippen LogP contribution in [-0.4, -0.2) is 25.9 Å². The van der Waals surface area contributed by atoms with E-state index in [1.165, 1.54) is 17.7 Å². The summed E-state index contributed by atoms with van der Waals surface area (Å²) in [6.45, 7) is 0. The lowest BCUT2D eigenvalue weighted by Gasteiger charge is -2.06. The van der Waals surface area contributed by atoms with E-state index >= 15 is 0 Å². The number of nitrogens with one attached hydrogen (secondary N) is 1. The Hall–Kier alpha value is -1.56. The largest absolute Gasteiger partial charge is 0.292 e.